The van der Waals surface area contributed by atoms with E-state index in [1.807, 2.05) is 24.3 Å². The zero-order chi connectivity index (χ0) is 15.4. The third-order valence-corrected chi connectivity index (χ3v) is 4.14. The van der Waals surface area contributed by atoms with Gasteiger partial charge in [0.2, 0.25) is 0 Å². The summed E-state index contributed by atoms with van der Waals surface area (Å²) in [4.78, 5) is 16.4. The third-order valence-electron chi connectivity index (χ3n) is 3.40. The van der Waals surface area contributed by atoms with Gasteiger partial charge in [0.15, 0.2) is 0 Å². The molecular weight excluding hydrogens is 352 g/mol. The van der Waals surface area contributed by atoms with E-state index in [1.54, 1.807) is 12.3 Å². The quantitative estimate of drug-likeness (QED) is 0.749. The lowest BCUT2D eigenvalue weighted by molar-refractivity contribution is 0.102. The Labute approximate surface area is 137 Å². The molecule has 5 heteroatoms. The van der Waals surface area contributed by atoms with Crippen molar-refractivity contribution in [1.29, 1.82) is 0 Å². The molecule has 1 unspecified atom stereocenters. The van der Waals surface area contributed by atoms with E-state index in [9.17, 15) is 4.79 Å². The van der Waals surface area contributed by atoms with Gasteiger partial charge in [-0.15, -0.1) is 0 Å². The van der Waals surface area contributed by atoms with E-state index in [1.165, 1.54) is 0 Å². The van der Waals surface area contributed by atoms with Gasteiger partial charge in [-0.25, -0.2) is 4.98 Å². The average molecular weight is 368 g/mol. The van der Waals surface area contributed by atoms with Crippen LogP contribution in [0.3, 0.4) is 0 Å². The number of para-hydroxylation sites is 1. The van der Waals surface area contributed by atoms with Crippen LogP contribution in [-0.2, 0) is 0 Å². The van der Waals surface area contributed by atoms with Crippen LogP contribution in [0.1, 0.15) is 42.1 Å². The first-order chi connectivity index (χ1) is 10.0. The first kappa shape index (κ1) is 16.0. The van der Waals surface area contributed by atoms with Crippen LogP contribution in [0.2, 0.25) is 5.15 Å². The third kappa shape index (κ3) is 3.83. The minimum Gasteiger partial charge on any atom is -0.322 e. The summed E-state index contributed by atoms with van der Waals surface area (Å²) in [5, 5.41) is 3.12. The fourth-order valence-electron chi connectivity index (χ4n) is 2.03. The molecule has 0 aliphatic carbocycles. The number of carbonyl (C=O) groups excluding carboxylic acids is 1. The number of halogens is 2. The monoisotopic (exact) mass is 366 g/mol. The number of hydrogen-bond acceptors (Lipinski definition) is 2. The van der Waals surface area contributed by atoms with E-state index in [2.05, 4.69) is 40.1 Å². The van der Waals surface area contributed by atoms with E-state index < -0.39 is 0 Å². The molecule has 3 nitrogen and oxygen atoms in total. The second-order valence-corrected chi connectivity index (χ2v) is 6.12. The Hall–Kier alpha value is -1.39. The summed E-state index contributed by atoms with van der Waals surface area (Å²) in [6.45, 7) is 4.26. The molecule has 0 bridgehead atoms. The summed E-state index contributed by atoms with van der Waals surface area (Å²) in [6.07, 6.45) is 2.57. The van der Waals surface area contributed by atoms with E-state index >= 15 is 0 Å². The maximum absolute atomic E-state index is 12.4. The summed E-state index contributed by atoms with van der Waals surface area (Å²) < 4.78 is 0.715. The van der Waals surface area contributed by atoms with Crippen LogP contribution in [0, 0.1) is 0 Å². The highest BCUT2D eigenvalue weighted by Gasteiger charge is 2.15. The predicted molar refractivity (Wildman–Crippen MR) is 90.0 cm³/mol. The van der Waals surface area contributed by atoms with Gasteiger partial charge in [-0.3, -0.25) is 4.79 Å². The Kier molecular flexibility index (Phi) is 5.37. The van der Waals surface area contributed by atoms with Crippen molar-refractivity contribution in [2.45, 2.75) is 26.2 Å². The number of amides is 1. The van der Waals surface area contributed by atoms with Crippen molar-refractivity contribution >= 4 is 39.1 Å². The van der Waals surface area contributed by atoms with Gasteiger partial charge in [0.25, 0.3) is 5.91 Å². The molecule has 0 fully saturated rings. The zero-order valence-corrected chi connectivity index (χ0v) is 14.2. The van der Waals surface area contributed by atoms with Crippen LogP contribution >= 0.6 is 27.5 Å². The normalized spacial score (nSPS) is 12.0. The summed E-state index contributed by atoms with van der Waals surface area (Å²) in [5.41, 5.74) is 2.28. The van der Waals surface area contributed by atoms with Gasteiger partial charge in [0.1, 0.15) is 5.15 Å². The van der Waals surface area contributed by atoms with Crippen molar-refractivity contribution < 1.29 is 4.79 Å². The molecule has 1 N–H and O–H groups in total. The van der Waals surface area contributed by atoms with Crippen LogP contribution in [0.4, 0.5) is 5.69 Å². The predicted octanol–water partition coefficient (Wildman–Crippen LogP) is 5.26. The molecule has 1 heterocycles. The number of rotatable bonds is 4. The fraction of sp³-hybridized carbons (Fsp3) is 0.250. The number of pyridine rings is 1. The van der Waals surface area contributed by atoms with Gasteiger partial charge in [0.05, 0.1) is 5.56 Å². The minimum absolute atomic E-state index is 0.191. The highest BCUT2D eigenvalue weighted by Crippen LogP contribution is 2.27. The largest absolute Gasteiger partial charge is 0.322 e. The highest BCUT2D eigenvalue weighted by atomic mass is 79.9. The molecular formula is C16H16BrClN2O. The highest BCUT2D eigenvalue weighted by molar-refractivity contribution is 9.10. The van der Waals surface area contributed by atoms with Crippen LogP contribution in [0.5, 0.6) is 0 Å². The van der Waals surface area contributed by atoms with Gasteiger partial charge in [-0.2, -0.15) is 0 Å². The molecule has 2 aromatic rings. The first-order valence-corrected chi connectivity index (χ1v) is 7.91. The van der Waals surface area contributed by atoms with E-state index in [0.717, 1.165) is 17.7 Å². The van der Waals surface area contributed by atoms with Gasteiger partial charge >= 0.3 is 0 Å². The molecule has 1 amide bonds. The Morgan fingerprint density at radius 2 is 2.14 bits per heavy atom. The summed E-state index contributed by atoms with van der Waals surface area (Å²) in [5.74, 6) is 0.113. The van der Waals surface area contributed by atoms with Gasteiger partial charge in [0, 0.05) is 16.4 Å². The van der Waals surface area contributed by atoms with Gasteiger partial charge < -0.3 is 5.32 Å². The molecule has 1 aromatic heterocycles. The van der Waals surface area contributed by atoms with E-state index in [-0.39, 0.29) is 11.1 Å². The number of hydrogen-bond donors (Lipinski definition) is 1. The number of nitrogens with one attached hydrogen (secondary N) is 1. The lowest BCUT2D eigenvalue weighted by Gasteiger charge is -2.15. The molecule has 21 heavy (non-hydrogen) atoms. The number of anilines is 1. The lowest BCUT2D eigenvalue weighted by atomic mass is 9.97. The SMILES string of the molecule is CCC(C)c1ccccc1NC(=O)c1cc(Br)cnc1Cl. The van der Waals surface area contributed by atoms with Crippen molar-refractivity contribution in [3.63, 3.8) is 0 Å². The molecule has 0 saturated carbocycles. The van der Waals surface area contributed by atoms with E-state index in [4.69, 9.17) is 11.6 Å². The zero-order valence-electron chi connectivity index (χ0n) is 11.9. The Morgan fingerprint density at radius 3 is 2.86 bits per heavy atom. The molecule has 0 aliphatic heterocycles. The molecule has 110 valence electrons. The molecule has 1 atom stereocenters. The Bertz CT molecular complexity index is 660. The van der Waals surface area contributed by atoms with Crippen molar-refractivity contribution in [1.82, 2.24) is 4.98 Å². The van der Waals surface area contributed by atoms with Crippen LogP contribution in [0.15, 0.2) is 41.0 Å². The standard InChI is InChI=1S/C16H16BrClN2O/c1-3-10(2)12-6-4-5-7-14(12)20-16(21)13-8-11(17)9-19-15(13)18/h4-10H,3H2,1-2H3,(H,20,21). The Morgan fingerprint density at radius 1 is 1.43 bits per heavy atom. The number of nitrogens with zero attached hydrogens (tertiary/aromatic N) is 1. The second-order valence-electron chi connectivity index (χ2n) is 4.84. The van der Waals surface area contributed by atoms with Crippen molar-refractivity contribution in [3.05, 3.63) is 57.3 Å². The van der Waals surface area contributed by atoms with Crippen LogP contribution < -0.4 is 5.32 Å². The molecule has 1 aromatic carbocycles. The maximum atomic E-state index is 12.4. The van der Waals surface area contributed by atoms with Crippen molar-refractivity contribution in [3.8, 4) is 0 Å². The number of benzene rings is 1. The smallest absolute Gasteiger partial charge is 0.258 e. The summed E-state index contributed by atoms with van der Waals surface area (Å²) in [6, 6.07) is 9.48. The topological polar surface area (TPSA) is 42.0 Å². The Balaban J connectivity index is 2.30. The maximum Gasteiger partial charge on any atom is 0.258 e. The van der Waals surface area contributed by atoms with Gasteiger partial charge in [-0.1, -0.05) is 43.6 Å². The van der Waals surface area contributed by atoms with Crippen LogP contribution in [0.25, 0.3) is 0 Å². The minimum atomic E-state index is -0.260. The molecule has 2 rings (SSSR count). The summed E-state index contributed by atoms with van der Waals surface area (Å²) >= 11 is 9.29. The first-order valence-electron chi connectivity index (χ1n) is 6.74. The summed E-state index contributed by atoms with van der Waals surface area (Å²) in [7, 11) is 0. The fourth-order valence-corrected chi connectivity index (χ4v) is 2.55. The molecule has 0 spiro atoms. The molecule has 0 saturated heterocycles. The van der Waals surface area contributed by atoms with Crippen molar-refractivity contribution in [2.24, 2.45) is 0 Å². The molecule has 0 radical (unpaired) electrons. The van der Waals surface area contributed by atoms with Gasteiger partial charge in [-0.05, 0) is 46.0 Å². The lowest BCUT2D eigenvalue weighted by Crippen LogP contribution is -2.15. The van der Waals surface area contributed by atoms with Crippen LogP contribution in [-0.4, -0.2) is 10.9 Å². The average Bonchev–Trinajstić information content (AvgIpc) is 2.49. The molecule has 0 aliphatic rings. The number of carbonyl (C=O) groups is 1. The van der Waals surface area contributed by atoms with Crippen molar-refractivity contribution in [2.75, 3.05) is 5.32 Å². The van der Waals surface area contributed by atoms with E-state index in [0.29, 0.717) is 16.0 Å². The number of aromatic nitrogens is 1. The second kappa shape index (κ2) is 7.05.